The highest BCUT2D eigenvalue weighted by atomic mass is 35.5. The molecule has 1 amide bonds. The van der Waals surface area contributed by atoms with Gasteiger partial charge in [-0.3, -0.25) is 4.79 Å². The van der Waals surface area contributed by atoms with Gasteiger partial charge in [-0.15, -0.1) is 0 Å². The molecule has 1 aliphatic rings. The van der Waals surface area contributed by atoms with E-state index < -0.39 is 18.0 Å². The lowest BCUT2D eigenvalue weighted by Gasteiger charge is -2.33. The predicted octanol–water partition coefficient (Wildman–Crippen LogP) is 3.46. The normalized spacial score (nSPS) is 20.0. The number of rotatable bonds is 1. The molecule has 1 heterocycles. The molecule has 0 aliphatic carbocycles. The number of amides is 1. The average molecular weight is 308 g/mol. The van der Waals surface area contributed by atoms with Gasteiger partial charge in [0.25, 0.3) is 5.91 Å². The fourth-order valence-corrected chi connectivity index (χ4v) is 2.45. The van der Waals surface area contributed by atoms with Gasteiger partial charge in [-0.2, -0.15) is 13.2 Å². The lowest BCUT2D eigenvalue weighted by Crippen LogP contribution is -2.44. The van der Waals surface area contributed by atoms with Crippen LogP contribution in [0, 0.1) is 5.92 Å². The number of likely N-dealkylation sites (tertiary alicyclic amines) is 1. The fraction of sp³-hybridized carbons (Fsp3) is 0.462. The molecule has 1 aromatic rings. The summed E-state index contributed by atoms with van der Waals surface area (Å²) in [6.45, 7) is -0.113. The number of carbonyl (C=O) groups excluding carboxylic acids is 1. The Bertz CT molecular complexity index is 519. The van der Waals surface area contributed by atoms with Crippen molar-refractivity contribution < 1.29 is 23.1 Å². The molecule has 0 radical (unpaired) electrons. The summed E-state index contributed by atoms with van der Waals surface area (Å²) in [6, 6.07) is 3.93. The van der Waals surface area contributed by atoms with Gasteiger partial charge in [0, 0.05) is 18.1 Å². The lowest BCUT2D eigenvalue weighted by molar-refractivity contribution is -0.184. The topological polar surface area (TPSA) is 40.5 Å². The minimum absolute atomic E-state index is 0.0277. The largest absolute Gasteiger partial charge is 0.507 e. The second kappa shape index (κ2) is 5.52. The second-order valence-corrected chi connectivity index (χ2v) is 5.23. The SMILES string of the molecule is O=C(c1ccc(Cl)cc1O)N1CCCC(C(F)(F)F)C1. The molecular weight excluding hydrogens is 295 g/mol. The minimum atomic E-state index is -4.30. The Kier molecular flexibility index (Phi) is 4.13. The number of hydrogen-bond acceptors (Lipinski definition) is 2. The lowest BCUT2D eigenvalue weighted by atomic mass is 9.97. The van der Waals surface area contributed by atoms with E-state index >= 15 is 0 Å². The summed E-state index contributed by atoms with van der Waals surface area (Å²) in [5, 5.41) is 9.92. The van der Waals surface area contributed by atoms with Gasteiger partial charge in [-0.25, -0.2) is 0 Å². The number of benzene rings is 1. The molecule has 2 rings (SSSR count). The Balaban J connectivity index is 2.16. The van der Waals surface area contributed by atoms with Crippen LogP contribution in [0.1, 0.15) is 23.2 Å². The molecule has 20 heavy (non-hydrogen) atoms. The Morgan fingerprint density at radius 3 is 2.70 bits per heavy atom. The van der Waals surface area contributed by atoms with E-state index in [0.717, 1.165) is 4.90 Å². The first kappa shape index (κ1) is 15.0. The summed E-state index contributed by atoms with van der Waals surface area (Å²) in [5.41, 5.74) is -0.0303. The third-order valence-electron chi connectivity index (χ3n) is 3.36. The standard InChI is InChI=1S/C13H13ClF3NO2/c14-9-3-4-10(11(19)6-9)12(20)18-5-1-2-8(7-18)13(15,16)17/h3-4,6,8,19H,1-2,5,7H2. The van der Waals surface area contributed by atoms with Gasteiger partial charge in [0.15, 0.2) is 0 Å². The fourth-order valence-electron chi connectivity index (χ4n) is 2.28. The van der Waals surface area contributed by atoms with Gasteiger partial charge in [0.2, 0.25) is 0 Å². The maximum atomic E-state index is 12.7. The van der Waals surface area contributed by atoms with Crippen LogP contribution in [0.3, 0.4) is 0 Å². The van der Waals surface area contributed by atoms with Gasteiger partial charge in [0.1, 0.15) is 5.75 Å². The second-order valence-electron chi connectivity index (χ2n) is 4.79. The number of phenols is 1. The Labute approximate surface area is 118 Å². The molecule has 1 N–H and O–H groups in total. The first-order chi connectivity index (χ1) is 9.29. The first-order valence-electron chi connectivity index (χ1n) is 6.13. The molecule has 1 fully saturated rings. The quantitative estimate of drug-likeness (QED) is 0.863. The zero-order valence-corrected chi connectivity index (χ0v) is 11.2. The van der Waals surface area contributed by atoms with E-state index in [0.29, 0.717) is 6.42 Å². The number of phenolic OH excluding ortho intramolecular Hbond substituents is 1. The van der Waals surface area contributed by atoms with Gasteiger partial charge in [-0.05, 0) is 31.0 Å². The van der Waals surface area contributed by atoms with E-state index in [2.05, 4.69) is 0 Å². The Morgan fingerprint density at radius 1 is 1.40 bits per heavy atom. The highest BCUT2D eigenvalue weighted by molar-refractivity contribution is 6.30. The van der Waals surface area contributed by atoms with E-state index in [1.807, 2.05) is 0 Å². The number of alkyl halides is 3. The predicted molar refractivity (Wildman–Crippen MR) is 67.8 cm³/mol. The van der Waals surface area contributed by atoms with Gasteiger partial charge in [0.05, 0.1) is 11.5 Å². The molecule has 1 unspecified atom stereocenters. The molecule has 110 valence electrons. The van der Waals surface area contributed by atoms with Crippen LogP contribution in [0.25, 0.3) is 0 Å². The van der Waals surface area contributed by atoms with Crippen molar-refractivity contribution in [2.45, 2.75) is 19.0 Å². The van der Waals surface area contributed by atoms with E-state index in [1.165, 1.54) is 18.2 Å². The highest BCUT2D eigenvalue weighted by Crippen LogP contribution is 2.34. The molecule has 0 aromatic heterocycles. The van der Waals surface area contributed by atoms with Crippen LogP contribution in [0.2, 0.25) is 5.02 Å². The van der Waals surface area contributed by atoms with Crippen LogP contribution in [0.5, 0.6) is 5.75 Å². The molecule has 1 saturated heterocycles. The van der Waals surface area contributed by atoms with Crippen molar-refractivity contribution in [1.82, 2.24) is 4.90 Å². The molecule has 3 nitrogen and oxygen atoms in total. The Hall–Kier alpha value is -1.43. The summed E-state index contributed by atoms with van der Waals surface area (Å²) in [5.74, 6) is -2.43. The highest BCUT2D eigenvalue weighted by Gasteiger charge is 2.42. The van der Waals surface area contributed by atoms with Crippen LogP contribution in [-0.4, -0.2) is 35.2 Å². The molecular formula is C13H13ClF3NO2. The van der Waals surface area contributed by atoms with E-state index in [4.69, 9.17) is 11.6 Å². The van der Waals surface area contributed by atoms with Crippen molar-refractivity contribution in [1.29, 1.82) is 0 Å². The molecule has 1 aromatic carbocycles. The van der Waals surface area contributed by atoms with Crippen molar-refractivity contribution >= 4 is 17.5 Å². The van der Waals surface area contributed by atoms with Crippen molar-refractivity contribution in [2.75, 3.05) is 13.1 Å². The van der Waals surface area contributed by atoms with Crippen LogP contribution in [-0.2, 0) is 0 Å². The van der Waals surface area contributed by atoms with Crippen molar-refractivity contribution in [3.63, 3.8) is 0 Å². The van der Waals surface area contributed by atoms with Crippen LogP contribution < -0.4 is 0 Å². The summed E-state index contributed by atoms with van der Waals surface area (Å²) in [6.07, 6.45) is -3.98. The van der Waals surface area contributed by atoms with E-state index in [9.17, 15) is 23.1 Å². The van der Waals surface area contributed by atoms with Crippen molar-refractivity contribution in [2.24, 2.45) is 5.92 Å². The van der Waals surface area contributed by atoms with Gasteiger partial charge >= 0.3 is 6.18 Å². The molecule has 0 bridgehead atoms. The van der Waals surface area contributed by atoms with Gasteiger partial charge < -0.3 is 10.0 Å². The smallest absolute Gasteiger partial charge is 0.393 e. The number of aromatic hydroxyl groups is 1. The summed E-state index contributed by atoms with van der Waals surface area (Å²) in [4.78, 5) is 13.3. The van der Waals surface area contributed by atoms with E-state index in [-0.39, 0.29) is 35.8 Å². The average Bonchev–Trinajstić information content (AvgIpc) is 2.37. The van der Waals surface area contributed by atoms with Crippen LogP contribution in [0.15, 0.2) is 18.2 Å². The minimum Gasteiger partial charge on any atom is -0.507 e. The van der Waals surface area contributed by atoms with E-state index in [1.54, 1.807) is 0 Å². The third-order valence-corrected chi connectivity index (χ3v) is 3.60. The molecule has 0 saturated carbocycles. The number of carbonyl (C=O) groups is 1. The van der Waals surface area contributed by atoms with Gasteiger partial charge in [-0.1, -0.05) is 11.6 Å². The van der Waals surface area contributed by atoms with Crippen LogP contribution >= 0.6 is 11.6 Å². The zero-order valence-electron chi connectivity index (χ0n) is 10.5. The maximum Gasteiger partial charge on any atom is 0.393 e. The summed E-state index contributed by atoms with van der Waals surface area (Å²) >= 11 is 5.66. The third kappa shape index (κ3) is 3.17. The number of halogens is 4. The number of piperidine rings is 1. The molecule has 0 spiro atoms. The van der Waals surface area contributed by atoms with Crippen molar-refractivity contribution in [3.8, 4) is 5.75 Å². The Morgan fingerprint density at radius 2 is 2.10 bits per heavy atom. The monoisotopic (exact) mass is 307 g/mol. The van der Waals surface area contributed by atoms with Crippen molar-refractivity contribution in [3.05, 3.63) is 28.8 Å². The summed E-state index contributed by atoms with van der Waals surface area (Å²) < 4.78 is 38.1. The number of nitrogens with zero attached hydrogens (tertiary/aromatic N) is 1. The molecule has 7 heteroatoms. The molecule has 1 aliphatic heterocycles. The van der Waals surface area contributed by atoms with Crippen LogP contribution in [0.4, 0.5) is 13.2 Å². The maximum absolute atomic E-state index is 12.7. The molecule has 1 atom stereocenters. The zero-order chi connectivity index (χ0) is 14.9. The number of hydrogen-bond donors (Lipinski definition) is 1. The first-order valence-corrected chi connectivity index (χ1v) is 6.51. The summed E-state index contributed by atoms with van der Waals surface area (Å²) in [7, 11) is 0.